The molecule has 0 bridgehead atoms. The molecule has 3 nitrogen and oxygen atoms in total. The Labute approximate surface area is 152 Å². The Balaban J connectivity index is 1.92. The highest BCUT2D eigenvalue weighted by atomic mass is 16.5. The maximum atomic E-state index is 10.7. The van der Waals surface area contributed by atoms with E-state index in [0.29, 0.717) is 6.61 Å². The molecule has 0 radical (unpaired) electrons. The third kappa shape index (κ3) is 6.18. The molecule has 2 rings (SSSR count). The monoisotopic (exact) mass is 341 g/mol. The first-order chi connectivity index (χ1) is 12.3. The Kier molecular flexibility index (Phi) is 8.50. The number of ether oxygens (including phenoxy) is 1. The Bertz CT molecular complexity index is 594. The summed E-state index contributed by atoms with van der Waals surface area (Å²) in [5.41, 5.74) is 1.71. The highest BCUT2D eigenvalue weighted by Gasteiger charge is 2.15. The Morgan fingerprint density at radius 2 is 1.52 bits per heavy atom. The summed E-state index contributed by atoms with van der Waals surface area (Å²) in [6.45, 7) is 8.47. The molecule has 0 amide bonds. The van der Waals surface area contributed by atoms with E-state index in [0.717, 1.165) is 42.9 Å². The lowest BCUT2D eigenvalue weighted by Gasteiger charge is -2.21. The average molecular weight is 341 g/mol. The molecule has 0 saturated carbocycles. The minimum atomic E-state index is -0.658. The lowest BCUT2D eigenvalue weighted by atomic mass is 10.0. The van der Waals surface area contributed by atoms with E-state index >= 15 is 0 Å². The zero-order chi connectivity index (χ0) is 17.9. The average Bonchev–Trinajstić information content (AvgIpc) is 2.66. The van der Waals surface area contributed by atoms with E-state index < -0.39 is 6.10 Å². The first-order valence-electron chi connectivity index (χ1n) is 9.43. The van der Waals surface area contributed by atoms with Crippen LogP contribution in [0.15, 0.2) is 54.6 Å². The number of hydrogen-bond donors (Lipinski definition) is 1. The van der Waals surface area contributed by atoms with Crippen molar-refractivity contribution in [1.82, 2.24) is 4.90 Å². The van der Waals surface area contributed by atoms with Crippen molar-refractivity contribution in [1.29, 1.82) is 0 Å². The minimum Gasteiger partial charge on any atom is -0.493 e. The van der Waals surface area contributed by atoms with Crippen molar-refractivity contribution in [3.8, 4) is 5.75 Å². The first-order valence-corrected chi connectivity index (χ1v) is 9.43. The third-order valence-electron chi connectivity index (χ3n) is 4.28. The maximum absolute atomic E-state index is 10.7. The Morgan fingerprint density at radius 3 is 2.20 bits per heavy atom. The molecular weight excluding hydrogens is 310 g/mol. The van der Waals surface area contributed by atoms with Crippen LogP contribution < -0.4 is 4.74 Å². The molecule has 2 aromatic carbocycles. The van der Waals surface area contributed by atoms with E-state index in [2.05, 4.69) is 18.7 Å². The fourth-order valence-corrected chi connectivity index (χ4v) is 3.09. The second-order valence-electron chi connectivity index (χ2n) is 6.39. The molecule has 2 aromatic rings. The van der Waals surface area contributed by atoms with Gasteiger partial charge in [0.2, 0.25) is 0 Å². The summed E-state index contributed by atoms with van der Waals surface area (Å²) in [5.74, 6) is 0.774. The number of hydrogen-bond acceptors (Lipinski definition) is 3. The molecule has 136 valence electrons. The van der Waals surface area contributed by atoms with E-state index in [9.17, 15) is 5.11 Å². The molecule has 3 heteroatoms. The number of para-hydroxylation sites is 1. The minimum absolute atomic E-state index is 0.658. The predicted molar refractivity (Wildman–Crippen MR) is 104 cm³/mol. The zero-order valence-corrected chi connectivity index (χ0v) is 15.5. The number of nitrogens with zero attached hydrogens (tertiary/aromatic N) is 1. The quantitative estimate of drug-likeness (QED) is 0.603. The molecule has 0 aliphatic rings. The van der Waals surface area contributed by atoms with Crippen molar-refractivity contribution in [3.05, 3.63) is 65.7 Å². The molecule has 1 unspecified atom stereocenters. The van der Waals surface area contributed by atoms with Gasteiger partial charge in [-0.15, -0.1) is 0 Å². The second-order valence-corrected chi connectivity index (χ2v) is 6.39. The van der Waals surface area contributed by atoms with E-state index in [1.54, 1.807) is 0 Å². The maximum Gasteiger partial charge on any atom is 0.125 e. The topological polar surface area (TPSA) is 32.7 Å². The van der Waals surface area contributed by atoms with E-state index in [-0.39, 0.29) is 0 Å². The van der Waals surface area contributed by atoms with Crippen LogP contribution in [-0.2, 0) is 0 Å². The summed E-state index contributed by atoms with van der Waals surface area (Å²) in [4.78, 5) is 2.49. The van der Waals surface area contributed by atoms with Crippen LogP contribution in [0.1, 0.15) is 50.3 Å². The van der Waals surface area contributed by atoms with Crippen LogP contribution in [0.4, 0.5) is 0 Å². The van der Waals surface area contributed by atoms with Gasteiger partial charge >= 0.3 is 0 Å². The van der Waals surface area contributed by atoms with Gasteiger partial charge in [0, 0.05) is 12.1 Å². The fraction of sp³-hybridized carbons (Fsp3) is 0.455. The van der Waals surface area contributed by atoms with Gasteiger partial charge in [0.1, 0.15) is 11.9 Å². The number of benzene rings is 2. The Hall–Kier alpha value is -1.84. The van der Waals surface area contributed by atoms with E-state index in [4.69, 9.17) is 4.74 Å². The van der Waals surface area contributed by atoms with Crippen LogP contribution in [0.3, 0.4) is 0 Å². The standard InChI is InChI=1S/C22H31NO2/c1-3-15-23(16-4-2)17-10-18-25-21-14-9-8-13-20(21)22(24)19-11-6-5-7-12-19/h5-9,11-14,22,24H,3-4,10,15-18H2,1-2H3. The first kappa shape index (κ1) is 19.5. The lowest BCUT2D eigenvalue weighted by Crippen LogP contribution is -2.27. The summed E-state index contributed by atoms with van der Waals surface area (Å²) >= 11 is 0. The molecule has 1 N–H and O–H groups in total. The van der Waals surface area contributed by atoms with Gasteiger partial charge in [-0.05, 0) is 44.0 Å². The highest BCUT2D eigenvalue weighted by molar-refractivity contribution is 5.40. The van der Waals surface area contributed by atoms with E-state index in [1.807, 2.05) is 54.6 Å². The molecule has 25 heavy (non-hydrogen) atoms. The molecule has 0 fully saturated rings. The van der Waals surface area contributed by atoms with Gasteiger partial charge in [-0.2, -0.15) is 0 Å². The molecule has 0 aliphatic carbocycles. The van der Waals surface area contributed by atoms with Crippen molar-refractivity contribution < 1.29 is 9.84 Å². The number of aliphatic hydroxyl groups is 1. The largest absolute Gasteiger partial charge is 0.493 e. The van der Waals surface area contributed by atoms with Crippen LogP contribution in [0.25, 0.3) is 0 Å². The molecule has 0 saturated heterocycles. The van der Waals surface area contributed by atoms with Gasteiger partial charge in [0.05, 0.1) is 6.61 Å². The molecule has 0 aromatic heterocycles. The summed E-state index contributed by atoms with van der Waals surface area (Å²) in [6.07, 6.45) is 2.71. The molecule has 0 aliphatic heterocycles. The van der Waals surface area contributed by atoms with Crippen LogP contribution >= 0.6 is 0 Å². The predicted octanol–water partition coefficient (Wildman–Crippen LogP) is 4.66. The van der Waals surface area contributed by atoms with Gasteiger partial charge < -0.3 is 14.7 Å². The molecule has 0 spiro atoms. The highest BCUT2D eigenvalue weighted by Crippen LogP contribution is 2.29. The molecule has 1 atom stereocenters. The van der Waals surface area contributed by atoms with Gasteiger partial charge in [-0.3, -0.25) is 0 Å². The van der Waals surface area contributed by atoms with Crippen molar-refractivity contribution in [3.63, 3.8) is 0 Å². The van der Waals surface area contributed by atoms with Gasteiger partial charge in [-0.25, -0.2) is 0 Å². The second kappa shape index (κ2) is 10.9. The molecular formula is C22H31NO2. The van der Waals surface area contributed by atoms with Crippen LogP contribution in [0, 0.1) is 0 Å². The number of rotatable bonds is 11. The lowest BCUT2D eigenvalue weighted by molar-refractivity contribution is 0.204. The Morgan fingerprint density at radius 1 is 0.880 bits per heavy atom. The SMILES string of the molecule is CCCN(CCC)CCCOc1ccccc1C(O)c1ccccc1. The zero-order valence-electron chi connectivity index (χ0n) is 15.5. The van der Waals surface area contributed by atoms with Crippen molar-refractivity contribution in [2.75, 3.05) is 26.2 Å². The third-order valence-corrected chi connectivity index (χ3v) is 4.28. The van der Waals surface area contributed by atoms with Crippen LogP contribution in [0.5, 0.6) is 5.75 Å². The summed E-state index contributed by atoms with van der Waals surface area (Å²) in [6, 6.07) is 17.5. The van der Waals surface area contributed by atoms with Crippen molar-refractivity contribution in [2.24, 2.45) is 0 Å². The van der Waals surface area contributed by atoms with Crippen LogP contribution in [-0.4, -0.2) is 36.2 Å². The normalized spacial score (nSPS) is 12.3. The van der Waals surface area contributed by atoms with Gasteiger partial charge in [0.25, 0.3) is 0 Å². The van der Waals surface area contributed by atoms with E-state index in [1.165, 1.54) is 12.8 Å². The van der Waals surface area contributed by atoms with Crippen molar-refractivity contribution in [2.45, 2.75) is 39.2 Å². The van der Waals surface area contributed by atoms with Gasteiger partial charge in [-0.1, -0.05) is 62.4 Å². The smallest absolute Gasteiger partial charge is 0.125 e. The summed E-state index contributed by atoms with van der Waals surface area (Å²) in [7, 11) is 0. The number of aliphatic hydroxyl groups excluding tert-OH is 1. The fourth-order valence-electron chi connectivity index (χ4n) is 3.09. The summed E-state index contributed by atoms with van der Waals surface area (Å²) in [5, 5.41) is 10.7. The van der Waals surface area contributed by atoms with Crippen molar-refractivity contribution >= 4 is 0 Å². The van der Waals surface area contributed by atoms with Gasteiger partial charge in [0.15, 0.2) is 0 Å². The van der Waals surface area contributed by atoms with Crippen LogP contribution in [0.2, 0.25) is 0 Å². The summed E-state index contributed by atoms with van der Waals surface area (Å²) < 4.78 is 6.00. The molecule has 0 heterocycles.